The van der Waals surface area contributed by atoms with E-state index in [2.05, 4.69) is 0 Å². The second-order valence-electron chi connectivity index (χ2n) is 5.36. The summed E-state index contributed by atoms with van der Waals surface area (Å²) < 4.78 is 27.1. The number of thiophene rings is 1. The maximum Gasteiger partial charge on any atom is 0.218 e. The zero-order valence-corrected chi connectivity index (χ0v) is 14.9. The molecule has 0 atom stereocenters. The zero-order chi connectivity index (χ0) is 15.7. The molecular weight excluding hydrogens is 361 g/mol. The van der Waals surface area contributed by atoms with Crippen LogP contribution in [0.5, 0.6) is 0 Å². The first-order chi connectivity index (χ1) is 10.5. The van der Waals surface area contributed by atoms with Crippen molar-refractivity contribution in [2.45, 2.75) is 31.2 Å². The summed E-state index contributed by atoms with van der Waals surface area (Å²) in [7, 11) is -3.38. The third-order valence-electron chi connectivity index (χ3n) is 3.54. The molecule has 7 heteroatoms. The van der Waals surface area contributed by atoms with Crippen LogP contribution >= 0.6 is 34.5 Å². The van der Waals surface area contributed by atoms with Crippen LogP contribution in [-0.2, 0) is 22.3 Å². The Morgan fingerprint density at radius 3 is 2.55 bits per heavy atom. The summed E-state index contributed by atoms with van der Waals surface area (Å²) in [4.78, 5) is 1.06. The van der Waals surface area contributed by atoms with Gasteiger partial charge in [-0.1, -0.05) is 35.3 Å². The van der Waals surface area contributed by atoms with Gasteiger partial charge < -0.3 is 0 Å². The van der Waals surface area contributed by atoms with Crippen molar-refractivity contribution in [1.29, 1.82) is 0 Å². The lowest BCUT2D eigenvalue weighted by atomic mass is 10.2. The Balaban J connectivity index is 1.81. The molecule has 3 rings (SSSR count). The molecule has 2 aromatic rings. The van der Waals surface area contributed by atoms with Crippen LogP contribution in [0.25, 0.3) is 0 Å². The minimum atomic E-state index is -3.38. The van der Waals surface area contributed by atoms with Crippen LogP contribution in [0.4, 0.5) is 0 Å². The van der Waals surface area contributed by atoms with Gasteiger partial charge >= 0.3 is 0 Å². The highest BCUT2D eigenvalue weighted by atomic mass is 35.5. The van der Waals surface area contributed by atoms with Crippen molar-refractivity contribution in [2.24, 2.45) is 0 Å². The van der Waals surface area contributed by atoms with E-state index >= 15 is 0 Å². The van der Waals surface area contributed by atoms with Crippen LogP contribution in [0, 0.1) is 0 Å². The Labute approximate surface area is 144 Å². The molecule has 22 heavy (non-hydrogen) atoms. The molecule has 0 amide bonds. The fraction of sp³-hybridized carbons (Fsp3) is 0.333. The Morgan fingerprint density at radius 2 is 1.95 bits per heavy atom. The average Bonchev–Trinajstić information content (AvgIpc) is 3.16. The van der Waals surface area contributed by atoms with Gasteiger partial charge in [0.25, 0.3) is 0 Å². The summed E-state index contributed by atoms with van der Waals surface area (Å²) in [6.45, 7) is 0.450. The lowest BCUT2D eigenvalue weighted by Gasteiger charge is -2.21. The van der Waals surface area contributed by atoms with Crippen molar-refractivity contribution in [2.75, 3.05) is 0 Å². The standard InChI is InChI=1S/C15H15Cl2NO2S2/c16-14-6-3-11(8-15(14)17)10-22(19,20)18(12-4-5-12)9-13-2-1-7-21-13/h1-3,6-8,12H,4-5,9-10H2. The van der Waals surface area contributed by atoms with Crippen molar-refractivity contribution in [3.63, 3.8) is 0 Å². The molecule has 0 bridgehead atoms. The summed E-state index contributed by atoms with van der Waals surface area (Å²) >= 11 is 13.4. The molecule has 1 aliphatic rings. The largest absolute Gasteiger partial charge is 0.218 e. The van der Waals surface area contributed by atoms with Crippen LogP contribution in [-0.4, -0.2) is 18.8 Å². The predicted octanol–water partition coefficient (Wildman–Crippen LogP) is 4.55. The van der Waals surface area contributed by atoms with E-state index in [0.717, 1.165) is 17.7 Å². The molecule has 0 saturated heterocycles. The summed E-state index contributed by atoms with van der Waals surface area (Å²) in [5.74, 6) is -0.0498. The van der Waals surface area contributed by atoms with Gasteiger partial charge in [0.05, 0.1) is 15.8 Å². The van der Waals surface area contributed by atoms with Crippen LogP contribution in [0.1, 0.15) is 23.3 Å². The third-order valence-corrected chi connectivity index (χ3v) is 6.98. The molecule has 1 aliphatic carbocycles. The van der Waals surface area contributed by atoms with Gasteiger partial charge in [-0.05, 0) is 42.0 Å². The minimum absolute atomic E-state index is 0.0498. The quantitative estimate of drug-likeness (QED) is 0.742. The van der Waals surface area contributed by atoms with E-state index in [0.29, 0.717) is 22.2 Å². The van der Waals surface area contributed by atoms with Gasteiger partial charge in [-0.15, -0.1) is 11.3 Å². The molecule has 0 unspecified atom stereocenters. The Morgan fingerprint density at radius 1 is 1.18 bits per heavy atom. The van der Waals surface area contributed by atoms with E-state index in [9.17, 15) is 8.42 Å². The molecule has 1 fully saturated rings. The van der Waals surface area contributed by atoms with E-state index < -0.39 is 10.0 Å². The number of hydrogen-bond acceptors (Lipinski definition) is 3. The summed E-state index contributed by atoms with van der Waals surface area (Å²) in [6, 6.07) is 9.01. The molecule has 1 heterocycles. The second kappa shape index (κ2) is 6.49. The Bertz CT molecular complexity index is 756. The zero-order valence-electron chi connectivity index (χ0n) is 11.7. The van der Waals surface area contributed by atoms with Gasteiger partial charge in [0.15, 0.2) is 0 Å². The molecule has 0 N–H and O–H groups in total. The Kier molecular flexibility index (Phi) is 4.80. The topological polar surface area (TPSA) is 37.4 Å². The van der Waals surface area contributed by atoms with Gasteiger partial charge in [0.1, 0.15) is 0 Å². The van der Waals surface area contributed by atoms with Crippen molar-refractivity contribution in [3.05, 3.63) is 56.2 Å². The second-order valence-corrected chi connectivity index (χ2v) is 9.13. The summed E-state index contributed by atoms with van der Waals surface area (Å²) in [5.41, 5.74) is 0.659. The molecule has 1 aromatic carbocycles. The predicted molar refractivity (Wildman–Crippen MR) is 92.0 cm³/mol. The lowest BCUT2D eigenvalue weighted by Crippen LogP contribution is -2.33. The smallest absolute Gasteiger partial charge is 0.212 e. The first-order valence-electron chi connectivity index (χ1n) is 6.91. The maximum atomic E-state index is 12.8. The number of benzene rings is 1. The number of halogens is 2. The van der Waals surface area contributed by atoms with Gasteiger partial charge in [-0.3, -0.25) is 0 Å². The van der Waals surface area contributed by atoms with Crippen molar-refractivity contribution < 1.29 is 8.42 Å². The lowest BCUT2D eigenvalue weighted by molar-refractivity contribution is 0.401. The van der Waals surface area contributed by atoms with Gasteiger partial charge in [0, 0.05) is 17.5 Å². The van der Waals surface area contributed by atoms with E-state index in [1.807, 2.05) is 17.5 Å². The molecule has 0 radical (unpaired) electrons. The third kappa shape index (κ3) is 3.84. The van der Waals surface area contributed by atoms with E-state index in [-0.39, 0.29) is 11.8 Å². The van der Waals surface area contributed by atoms with E-state index in [1.54, 1.807) is 33.8 Å². The first-order valence-corrected chi connectivity index (χ1v) is 10.2. The number of hydrogen-bond donors (Lipinski definition) is 0. The van der Waals surface area contributed by atoms with Gasteiger partial charge in [-0.2, -0.15) is 4.31 Å². The average molecular weight is 376 g/mol. The van der Waals surface area contributed by atoms with Gasteiger partial charge in [-0.25, -0.2) is 8.42 Å². The highest BCUT2D eigenvalue weighted by Crippen LogP contribution is 2.33. The summed E-state index contributed by atoms with van der Waals surface area (Å²) in [5, 5.41) is 2.78. The van der Waals surface area contributed by atoms with Crippen LogP contribution in [0.3, 0.4) is 0 Å². The van der Waals surface area contributed by atoms with Crippen molar-refractivity contribution >= 4 is 44.6 Å². The first kappa shape index (κ1) is 16.3. The van der Waals surface area contributed by atoms with Crippen molar-refractivity contribution in [1.82, 2.24) is 4.31 Å². The Hall–Kier alpha value is -0.590. The molecule has 1 saturated carbocycles. The number of rotatable bonds is 6. The molecular formula is C15H15Cl2NO2S2. The van der Waals surface area contributed by atoms with Crippen LogP contribution < -0.4 is 0 Å². The van der Waals surface area contributed by atoms with Crippen molar-refractivity contribution in [3.8, 4) is 0 Å². The highest BCUT2D eigenvalue weighted by Gasteiger charge is 2.37. The van der Waals surface area contributed by atoms with Crippen LogP contribution in [0.2, 0.25) is 10.0 Å². The normalized spacial score (nSPS) is 15.4. The maximum absolute atomic E-state index is 12.8. The molecule has 1 aromatic heterocycles. The van der Waals surface area contributed by atoms with E-state index in [1.165, 1.54) is 0 Å². The van der Waals surface area contributed by atoms with Gasteiger partial charge in [0.2, 0.25) is 10.0 Å². The molecule has 3 nitrogen and oxygen atoms in total. The summed E-state index contributed by atoms with van der Waals surface area (Å²) in [6.07, 6.45) is 1.87. The number of sulfonamides is 1. The minimum Gasteiger partial charge on any atom is -0.212 e. The van der Waals surface area contributed by atoms with E-state index in [4.69, 9.17) is 23.2 Å². The number of nitrogens with zero attached hydrogens (tertiary/aromatic N) is 1. The highest BCUT2D eigenvalue weighted by molar-refractivity contribution is 7.88. The molecule has 118 valence electrons. The molecule has 0 spiro atoms. The molecule has 0 aliphatic heterocycles. The fourth-order valence-electron chi connectivity index (χ4n) is 2.30. The SMILES string of the molecule is O=S(=O)(Cc1ccc(Cl)c(Cl)c1)N(Cc1cccs1)C1CC1. The fourth-order valence-corrected chi connectivity index (χ4v) is 5.17. The van der Waals surface area contributed by atoms with Crippen LogP contribution in [0.15, 0.2) is 35.7 Å². The monoisotopic (exact) mass is 375 g/mol.